The molecular weight excluding hydrogens is 276 g/mol. The Hall–Kier alpha value is -1.29. The van der Waals surface area contributed by atoms with Crippen LogP contribution in [0.2, 0.25) is 0 Å². The number of halogens is 1. The quantitative estimate of drug-likeness (QED) is 0.477. The second-order valence-corrected chi connectivity index (χ2v) is 6.18. The fraction of sp³-hybridized carbons (Fsp3) is 0.600. The zero-order valence-corrected chi connectivity index (χ0v) is 12.9. The Morgan fingerprint density at radius 2 is 2.10 bits per heavy atom. The number of piperidine rings is 1. The number of hydrogen-bond acceptors (Lipinski definition) is 3. The van der Waals surface area contributed by atoms with Crippen molar-refractivity contribution in [2.45, 2.75) is 39.1 Å². The van der Waals surface area contributed by atoms with Gasteiger partial charge in [-0.15, -0.1) is 11.6 Å². The number of nitrogens with zero attached hydrogens (tertiary/aromatic N) is 2. The van der Waals surface area contributed by atoms with Crippen LogP contribution in [0.1, 0.15) is 32.8 Å². The van der Waals surface area contributed by atoms with Crippen LogP contribution >= 0.6 is 11.6 Å². The maximum Gasteiger partial charge on any atom is 0.273 e. The van der Waals surface area contributed by atoms with Gasteiger partial charge in [-0.25, -0.2) is 0 Å². The first-order chi connectivity index (χ1) is 9.43. The average molecular weight is 297 g/mol. The Kier molecular flexibility index (Phi) is 4.53. The molecule has 0 aliphatic carbocycles. The summed E-state index contributed by atoms with van der Waals surface area (Å²) in [5, 5.41) is 11.0. The van der Waals surface area contributed by atoms with Gasteiger partial charge >= 0.3 is 0 Å². The van der Waals surface area contributed by atoms with E-state index in [1.165, 1.54) is 6.42 Å². The molecule has 0 spiro atoms. The third-order valence-electron chi connectivity index (χ3n) is 4.33. The van der Waals surface area contributed by atoms with E-state index in [-0.39, 0.29) is 16.5 Å². The third-order valence-corrected chi connectivity index (χ3v) is 4.62. The molecule has 1 saturated heterocycles. The van der Waals surface area contributed by atoms with Crippen LogP contribution in [0.25, 0.3) is 0 Å². The molecule has 2 rings (SSSR count). The molecule has 0 bridgehead atoms. The van der Waals surface area contributed by atoms with Crippen LogP contribution in [0.4, 0.5) is 11.4 Å². The van der Waals surface area contributed by atoms with Crippen molar-refractivity contribution in [2.75, 3.05) is 11.4 Å². The Morgan fingerprint density at radius 1 is 1.40 bits per heavy atom. The van der Waals surface area contributed by atoms with E-state index in [1.54, 1.807) is 6.07 Å². The Labute approximate surface area is 124 Å². The highest BCUT2D eigenvalue weighted by Gasteiger charge is 2.29. The molecule has 110 valence electrons. The molecule has 1 aliphatic heterocycles. The largest absolute Gasteiger partial charge is 0.368 e. The van der Waals surface area contributed by atoms with Crippen LogP contribution in [0.3, 0.4) is 0 Å². The fourth-order valence-electron chi connectivity index (χ4n) is 3.09. The van der Waals surface area contributed by atoms with Crippen molar-refractivity contribution < 1.29 is 4.92 Å². The van der Waals surface area contributed by atoms with Gasteiger partial charge in [0.15, 0.2) is 0 Å². The Morgan fingerprint density at radius 3 is 2.70 bits per heavy atom. The lowest BCUT2D eigenvalue weighted by Gasteiger charge is -2.42. The SMILES string of the molecule is CC1CC(C)C(C)N(c2ccc([N+](=O)[O-])c(CCl)c2)C1. The van der Waals surface area contributed by atoms with Gasteiger partial charge in [-0.3, -0.25) is 10.1 Å². The standard InChI is InChI=1S/C15H21ClN2O2/c1-10-6-11(2)12(3)17(9-10)14-4-5-15(18(19)20)13(7-14)8-16/h4-5,7,10-12H,6,8-9H2,1-3H3. The van der Waals surface area contributed by atoms with Gasteiger partial charge in [-0.2, -0.15) is 0 Å². The molecule has 1 aromatic rings. The lowest BCUT2D eigenvalue weighted by atomic mass is 9.85. The zero-order valence-electron chi connectivity index (χ0n) is 12.2. The minimum Gasteiger partial charge on any atom is -0.368 e. The minimum atomic E-state index is -0.369. The summed E-state index contributed by atoms with van der Waals surface area (Å²) in [6.45, 7) is 7.73. The minimum absolute atomic E-state index is 0.106. The second kappa shape index (κ2) is 6.00. The van der Waals surface area contributed by atoms with Gasteiger partial charge in [0.2, 0.25) is 0 Å². The summed E-state index contributed by atoms with van der Waals surface area (Å²) in [5.74, 6) is 1.42. The van der Waals surface area contributed by atoms with E-state index in [0.717, 1.165) is 12.2 Å². The average Bonchev–Trinajstić information content (AvgIpc) is 2.41. The van der Waals surface area contributed by atoms with Crippen molar-refractivity contribution in [3.63, 3.8) is 0 Å². The van der Waals surface area contributed by atoms with Crippen molar-refractivity contribution in [2.24, 2.45) is 11.8 Å². The molecule has 0 N–H and O–H groups in total. The second-order valence-electron chi connectivity index (χ2n) is 5.91. The third kappa shape index (κ3) is 2.90. The van der Waals surface area contributed by atoms with Gasteiger partial charge in [-0.05, 0) is 37.3 Å². The highest BCUT2D eigenvalue weighted by atomic mass is 35.5. The molecule has 0 saturated carbocycles. The normalized spacial score (nSPS) is 26.6. The number of rotatable bonds is 3. The fourth-order valence-corrected chi connectivity index (χ4v) is 3.31. The first-order valence-corrected chi connectivity index (χ1v) is 7.57. The monoisotopic (exact) mass is 296 g/mol. The van der Waals surface area contributed by atoms with Gasteiger partial charge in [0, 0.05) is 29.9 Å². The van der Waals surface area contributed by atoms with Gasteiger partial charge in [0.05, 0.1) is 10.8 Å². The van der Waals surface area contributed by atoms with Crippen LogP contribution in [0, 0.1) is 22.0 Å². The van der Waals surface area contributed by atoms with Crippen molar-refractivity contribution in [1.82, 2.24) is 0 Å². The van der Waals surface area contributed by atoms with Crippen LogP contribution in [0.15, 0.2) is 18.2 Å². The van der Waals surface area contributed by atoms with E-state index >= 15 is 0 Å². The first kappa shape index (κ1) is 15.1. The van der Waals surface area contributed by atoms with E-state index in [1.807, 2.05) is 12.1 Å². The summed E-state index contributed by atoms with van der Waals surface area (Å²) in [7, 11) is 0. The molecule has 1 heterocycles. The number of nitro groups is 1. The Bertz CT molecular complexity index is 507. The molecule has 5 heteroatoms. The molecule has 1 aliphatic rings. The lowest BCUT2D eigenvalue weighted by molar-refractivity contribution is -0.385. The molecule has 4 nitrogen and oxygen atoms in total. The number of alkyl halides is 1. The molecule has 3 unspecified atom stereocenters. The summed E-state index contributed by atoms with van der Waals surface area (Å²) >= 11 is 5.86. The van der Waals surface area contributed by atoms with Crippen molar-refractivity contribution in [3.8, 4) is 0 Å². The van der Waals surface area contributed by atoms with Crippen LogP contribution in [-0.4, -0.2) is 17.5 Å². The van der Waals surface area contributed by atoms with Crippen molar-refractivity contribution in [3.05, 3.63) is 33.9 Å². The smallest absolute Gasteiger partial charge is 0.273 e. The van der Waals surface area contributed by atoms with E-state index in [2.05, 4.69) is 25.7 Å². The summed E-state index contributed by atoms with van der Waals surface area (Å²) in [6, 6.07) is 5.72. The van der Waals surface area contributed by atoms with Gasteiger partial charge in [-0.1, -0.05) is 13.8 Å². The van der Waals surface area contributed by atoms with Crippen LogP contribution in [0.5, 0.6) is 0 Å². The predicted octanol–water partition coefficient (Wildman–Crippen LogP) is 4.20. The first-order valence-electron chi connectivity index (χ1n) is 7.04. The summed E-state index contributed by atoms with van der Waals surface area (Å²) < 4.78 is 0. The lowest BCUT2D eigenvalue weighted by Crippen LogP contribution is -2.45. The van der Waals surface area contributed by atoms with Gasteiger partial charge in [0.1, 0.15) is 0 Å². The molecule has 0 aromatic heterocycles. The highest BCUT2D eigenvalue weighted by Crippen LogP contribution is 2.33. The van der Waals surface area contributed by atoms with Crippen LogP contribution in [-0.2, 0) is 5.88 Å². The van der Waals surface area contributed by atoms with E-state index in [4.69, 9.17) is 11.6 Å². The number of hydrogen-bond donors (Lipinski definition) is 0. The maximum atomic E-state index is 11.0. The highest BCUT2D eigenvalue weighted by molar-refractivity contribution is 6.17. The summed E-state index contributed by atoms with van der Waals surface area (Å²) in [6.07, 6.45) is 1.23. The number of benzene rings is 1. The van der Waals surface area contributed by atoms with Gasteiger partial charge in [0.25, 0.3) is 5.69 Å². The van der Waals surface area contributed by atoms with E-state index in [0.29, 0.717) is 23.4 Å². The van der Waals surface area contributed by atoms with Crippen molar-refractivity contribution in [1.29, 1.82) is 0 Å². The van der Waals surface area contributed by atoms with Gasteiger partial charge < -0.3 is 4.90 Å². The zero-order chi connectivity index (χ0) is 14.9. The van der Waals surface area contributed by atoms with Crippen molar-refractivity contribution >= 4 is 23.0 Å². The van der Waals surface area contributed by atoms with E-state index in [9.17, 15) is 10.1 Å². The summed E-state index contributed by atoms with van der Waals surface area (Å²) in [5.41, 5.74) is 1.74. The topological polar surface area (TPSA) is 46.4 Å². The molecule has 3 atom stereocenters. The predicted molar refractivity (Wildman–Crippen MR) is 82.4 cm³/mol. The molecule has 1 aromatic carbocycles. The van der Waals surface area contributed by atoms with Crippen LogP contribution < -0.4 is 4.90 Å². The van der Waals surface area contributed by atoms with E-state index < -0.39 is 0 Å². The molecule has 0 radical (unpaired) electrons. The Balaban J connectivity index is 2.34. The molecular formula is C15H21ClN2O2. The molecule has 1 fully saturated rings. The number of anilines is 1. The molecule has 0 amide bonds. The maximum absolute atomic E-state index is 11.0. The molecule has 20 heavy (non-hydrogen) atoms. The summed E-state index contributed by atoms with van der Waals surface area (Å²) in [4.78, 5) is 12.9. The number of nitro benzene ring substituents is 1.